The highest BCUT2D eigenvalue weighted by Crippen LogP contribution is 2.33. The number of hydrogen-bond donors (Lipinski definition) is 0. The van der Waals surface area contributed by atoms with E-state index in [1.165, 1.54) is 6.08 Å². The molecule has 5 heteroatoms. The highest BCUT2D eigenvalue weighted by molar-refractivity contribution is 5.87. The second-order valence-electron chi connectivity index (χ2n) is 4.48. The first-order valence-corrected chi connectivity index (χ1v) is 6.70. The second kappa shape index (κ2) is 7.27. The van der Waals surface area contributed by atoms with Crippen LogP contribution in [0, 0.1) is 11.3 Å². The molecule has 19 heavy (non-hydrogen) atoms. The fourth-order valence-electron chi connectivity index (χ4n) is 2.57. The predicted molar refractivity (Wildman–Crippen MR) is 71.1 cm³/mol. The Hall–Kier alpha value is -1.38. The van der Waals surface area contributed by atoms with Crippen LogP contribution >= 0.6 is 0 Å². The van der Waals surface area contributed by atoms with Crippen LogP contribution in [0.1, 0.15) is 33.1 Å². The number of ether oxygens (including phenoxy) is 2. The minimum Gasteiger partial charge on any atom is -0.350 e. The second-order valence-corrected chi connectivity index (χ2v) is 4.48. The molecule has 0 aromatic heterocycles. The molecule has 1 saturated heterocycles. The topological polar surface area (TPSA) is 62.6 Å². The molecule has 1 heterocycles. The van der Waals surface area contributed by atoms with Crippen molar-refractivity contribution in [2.24, 2.45) is 0 Å². The lowest BCUT2D eigenvalue weighted by atomic mass is 9.93. The van der Waals surface area contributed by atoms with Crippen LogP contribution in [-0.2, 0) is 14.3 Å². The number of amides is 1. The zero-order valence-electron chi connectivity index (χ0n) is 11.7. The van der Waals surface area contributed by atoms with E-state index in [1.54, 1.807) is 4.90 Å². The average Bonchev–Trinajstić information content (AvgIpc) is 2.39. The van der Waals surface area contributed by atoms with E-state index in [4.69, 9.17) is 14.7 Å². The quantitative estimate of drug-likeness (QED) is 0.543. The van der Waals surface area contributed by atoms with E-state index in [0.717, 1.165) is 0 Å². The van der Waals surface area contributed by atoms with E-state index < -0.39 is 5.79 Å². The molecule has 1 rings (SSSR count). The summed E-state index contributed by atoms with van der Waals surface area (Å²) in [5.74, 6) is -0.801. The Morgan fingerprint density at radius 3 is 2.63 bits per heavy atom. The summed E-state index contributed by atoms with van der Waals surface area (Å²) < 4.78 is 11.5. The third-order valence-corrected chi connectivity index (χ3v) is 3.32. The fraction of sp³-hybridized carbons (Fsp3) is 0.714. The number of nitrogens with zero attached hydrogens (tertiary/aromatic N) is 2. The Balaban J connectivity index is 2.86. The van der Waals surface area contributed by atoms with Crippen molar-refractivity contribution in [3.8, 4) is 6.07 Å². The smallest absolute Gasteiger partial charge is 0.246 e. The molecule has 0 N–H and O–H groups in total. The lowest BCUT2D eigenvalue weighted by Gasteiger charge is -2.45. The average molecular weight is 266 g/mol. The molecule has 1 fully saturated rings. The number of nitriles is 1. The van der Waals surface area contributed by atoms with E-state index in [2.05, 4.69) is 12.6 Å². The van der Waals surface area contributed by atoms with Crippen LogP contribution in [0.2, 0.25) is 0 Å². The van der Waals surface area contributed by atoms with Crippen molar-refractivity contribution >= 4 is 5.91 Å². The summed E-state index contributed by atoms with van der Waals surface area (Å²) >= 11 is 0. The van der Waals surface area contributed by atoms with Crippen molar-refractivity contribution in [3.63, 3.8) is 0 Å². The van der Waals surface area contributed by atoms with Gasteiger partial charge < -0.3 is 14.4 Å². The molecule has 0 radical (unpaired) electrons. The van der Waals surface area contributed by atoms with Crippen molar-refractivity contribution in [1.29, 1.82) is 5.26 Å². The first-order valence-electron chi connectivity index (χ1n) is 6.70. The zero-order chi connectivity index (χ0) is 14.3. The van der Waals surface area contributed by atoms with Gasteiger partial charge in [0.15, 0.2) is 5.79 Å². The number of carbonyl (C=O) groups excluding carboxylic acids is 1. The van der Waals surface area contributed by atoms with Gasteiger partial charge in [-0.25, -0.2) is 0 Å². The van der Waals surface area contributed by atoms with Crippen LogP contribution in [0.4, 0.5) is 0 Å². The van der Waals surface area contributed by atoms with E-state index in [9.17, 15) is 4.79 Å². The van der Waals surface area contributed by atoms with Gasteiger partial charge in [0.25, 0.3) is 0 Å². The molecule has 0 bridgehead atoms. The van der Waals surface area contributed by atoms with Crippen molar-refractivity contribution in [2.45, 2.75) is 44.9 Å². The largest absolute Gasteiger partial charge is 0.350 e. The Morgan fingerprint density at radius 2 is 2.16 bits per heavy atom. The molecule has 5 nitrogen and oxygen atoms in total. The van der Waals surface area contributed by atoms with Gasteiger partial charge in [0.05, 0.1) is 18.5 Å². The van der Waals surface area contributed by atoms with Crippen molar-refractivity contribution in [2.75, 3.05) is 19.8 Å². The van der Waals surface area contributed by atoms with Crippen molar-refractivity contribution in [3.05, 3.63) is 12.7 Å². The van der Waals surface area contributed by atoms with Crippen LogP contribution < -0.4 is 0 Å². The van der Waals surface area contributed by atoms with Crippen LogP contribution in [-0.4, -0.2) is 42.4 Å². The first-order chi connectivity index (χ1) is 9.12. The van der Waals surface area contributed by atoms with Gasteiger partial charge >= 0.3 is 0 Å². The number of rotatable bonds is 6. The van der Waals surface area contributed by atoms with E-state index in [-0.39, 0.29) is 18.4 Å². The lowest BCUT2D eigenvalue weighted by molar-refractivity contribution is -0.259. The highest BCUT2D eigenvalue weighted by atomic mass is 16.7. The van der Waals surface area contributed by atoms with Crippen LogP contribution in [0.3, 0.4) is 0 Å². The number of piperidine rings is 1. The third kappa shape index (κ3) is 3.79. The Kier molecular flexibility index (Phi) is 6.00. The summed E-state index contributed by atoms with van der Waals surface area (Å²) in [5, 5.41) is 8.93. The summed E-state index contributed by atoms with van der Waals surface area (Å²) in [6, 6.07) is 1.95. The maximum Gasteiger partial charge on any atom is 0.246 e. The third-order valence-electron chi connectivity index (χ3n) is 3.32. The zero-order valence-corrected chi connectivity index (χ0v) is 11.7. The first kappa shape index (κ1) is 15.7. The molecule has 1 aliphatic heterocycles. The SMILES string of the molecule is C=CC(=O)N1CCC(OCC)(OCC)C[C@H]1CC#N. The number of carbonyl (C=O) groups is 1. The Bertz CT molecular complexity index is 356. The summed E-state index contributed by atoms with van der Waals surface area (Å²) in [7, 11) is 0. The molecule has 1 aliphatic rings. The summed E-state index contributed by atoms with van der Waals surface area (Å²) in [4.78, 5) is 13.5. The molecule has 106 valence electrons. The van der Waals surface area contributed by atoms with Gasteiger partial charge in [-0.15, -0.1) is 0 Å². The summed E-state index contributed by atoms with van der Waals surface area (Å²) in [6.45, 7) is 8.96. The molecule has 0 saturated carbocycles. The van der Waals surface area contributed by atoms with E-state index >= 15 is 0 Å². The molecule has 0 aromatic carbocycles. The summed E-state index contributed by atoms with van der Waals surface area (Å²) in [6.07, 6.45) is 2.72. The van der Waals surface area contributed by atoms with Gasteiger partial charge in [-0.3, -0.25) is 4.79 Å². The van der Waals surface area contributed by atoms with E-state index in [0.29, 0.717) is 32.6 Å². The maximum atomic E-state index is 11.8. The Labute approximate surface area is 114 Å². The van der Waals surface area contributed by atoms with E-state index in [1.807, 2.05) is 13.8 Å². The molecule has 0 spiro atoms. The molecular formula is C14H22N2O3. The summed E-state index contributed by atoms with van der Waals surface area (Å²) in [5.41, 5.74) is 0. The monoisotopic (exact) mass is 266 g/mol. The van der Waals surface area contributed by atoms with Crippen molar-refractivity contribution in [1.82, 2.24) is 4.90 Å². The predicted octanol–water partition coefficient (Wildman–Crippen LogP) is 1.85. The molecule has 0 unspecified atom stereocenters. The van der Waals surface area contributed by atoms with Gasteiger partial charge in [-0.05, 0) is 19.9 Å². The number of hydrogen-bond acceptors (Lipinski definition) is 4. The normalized spacial score (nSPS) is 21.7. The van der Waals surface area contributed by atoms with Crippen LogP contribution in [0.15, 0.2) is 12.7 Å². The van der Waals surface area contributed by atoms with Gasteiger partial charge in [-0.1, -0.05) is 6.58 Å². The van der Waals surface area contributed by atoms with Gasteiger partial charge in [0.2, 0.25) is 5.91 Å². The standard InChI is InChI=1S/C14H22N2O3/c1-4-13(17)16-10-8-14(18-5-2,19-6-3)11-12(16)7-9-15/h4,12H,1,5-8,10-11H2,2-3H3/t12-/m1/s1. The number of likely N-dealkylation sites (tertiary alicyclic amines) is 1. The van der Waals surface area contributed by atoms with Gasteiger partial charge in [0, 0.05) is 32.6 Å². The van der Waals surface area contributed by atoms with Crippen LogP contribution in [0.25, 0.3) is 0 Å². The molecule has 1 atom stereocenters. The fourth-order valence-corrected chi connectivity index (χ4v) is 2.57. The van der Waals surface area contributed by atoms with Crippen LogP contribution in [0.5, 0.6) is 0 Å². The Morgan fingerprint density at radius 1 is 1.53 bits per heavy atom. The van der Waals surface area contributed by atoms with Gasteiger partial charge in [-0.2, -0.15) is 5.26 Å². The maximum absolute atomic E-state index is 11.8. The van der Waals surface area contributed by atoms with Crippen molar-refractivity contribution < 1.29 is 14.3 Å². The molecular weight excluding hydrogens is 244 g/mol. The lowest BCUT2D eigenvalue weighted by Crippen LogP contribution is -2.54. The minimum atomic E-state index is -0.664. The minimum absolute atomic E-state index is 0.137. The molecule has 0 aromatic rings. The van der Waals surface area contributed by atoms with Gasteiger partial charge in [0.1, 0.15) is 0 Å². The molecule has 0 aliphatic carbocycles. The molecule has 1 amide bonds. The highest BCUT2D eigenvalue weighted by Gasteiger charge is 2.42.